The molecule has 4 aromatic rings. The van der Waals surface area contributed by atoms with Crippen molar-refractivity contribution in [1.29, 1.82) is 0 Å². The average Bonchev–Trinajstić information content (AvgIpc) is 3.56. The van der Waals surface area contributed by atoms with Crippen molar-refractivity contribution in [2.24, 2.45) is 5.41 Å². The molecular weight excluding hydrogens is 466 g/mol. The second-order valence-corrected chi connectivity index (χ2v) is 10.7. The van der Waals surface area contributed by atoms with E-state index in [1.54, 1.807) is 11.0 Å². The molecule has 3 heterocycles. The average molecular weight is 498 g/mol. The van der Waals surface area contributed by atoms with Gasteiger partial charge in [0.15, 0.2) is 5.69 Å². The number of carbonyl (C=O) groups is 2. The third-order valence-electron chi connectivity index (χ3n) is 7.83. The van der Waals surface area contributed by atoms with Crippen molar-refractivity contribution in [3.8, 4) is 11.1 Å². The number of nitrogens with zero attached hydrogens (tertiary/aromatic N) is 5. The molecule has 1 aliphatic heterocycles. The third-order valence-corrected chi connectivity index (χ3v) is 7.83. The molecule has 2 amide bonds. The van der Waals surface area contributed by atoms with Crippen LogP contribution in [0.1, 0.15) is 66.7 Å². The second-order valence-electron chi connectivity index (χ2n) is 10.7. The number of hydrogen-bond donors (Lipinski definition) is 2. The van der Waals surface area contributed by atoms with E-state index < -0.39 is 0 Å². The van der Waals surface area contributed by atoms with Gasteiger partial charge in [0.25, 0.3) is 11.8 Å². The summed E-state index contributed by atoms with van der Waals surface area (Å²) in [5.41, 5.74) is 3.71. The van der Waals surface area contributed by atoms with Crippen molar-refractivity contribution in [2.45, 2.75) is 51.6 Å². The summed E-state index contributed by atoms with van der Waals surface area (Å²) >= 11 is 0. The lowest BCUT2D eigenvalue weighted by atomic mass is 9.67. The van der Waals surface area contributed by atoms with Gasteiger partial charge in [-0.2, -0.15) is 5.10 Å². The lowest BCUT2D eigenvalue weighted by Crippen LogP contribution is -2.60. The number of H-pyrrole nitrogens is 1. The standard InChI is InChI=1S/C28H31N7O2/c1-18(2)35-17-29-25(33-35)26(36)30-21-10-12-28(13-11-21)15-34(16-28)27(37)24-22-9-8-20(14-23(22)31-32-24)19-6-4-3-5-7-19/h3-9,14,17-18,21H,10-13,15-16H2,1-2H3,(H,30,36)(H,31,32). The predicted molar refractivity (Wildman–Crippen MR) is 140 cm³/mol. The van der Waals surface area contributed by atoms with Crippen LogP contribution in [0, 0.1) is 5.41 Å². The van der Waals surface area contributed by atoms with E-state index in [1.807, 2.05) is 55.1 Å². The fraction of sp³-hybridized carbons (Fsp3) is 0.393. The zero-order valence-electron chi connectivity index (χ0n) is 21.1. The number of aromatic amines is 1. The number of nitrogens with one attached hydrogen (secondary N) is 2. The highest BCUT2D eigenvalue weighted by Gasteiger charge is 2.47. The Morgan fingerprint density at radius 3 is 2.51 bits per heavy atom. The van der Waals surface area contributed by atoms with Gasteiger partial charge in [0.2, 0.25) is 5.82 Å². The van der Waals surface area contributed by atoms with Crippen LogP contribution < -0.4 is 5.32 Å². The molecule has 2 fully saturated rings. The van der Waals surface area contributed by atoms with Gasteiger partial charge in [-0.05, 0) is 62.8 Å². The lowest BCUT2D eigenvalue weighted by molar-refractivity contribution is -0.0201. The van der Waals surface area contributed by atoms with Crippen LogP contribution in [0.3, 0.4) is 0 Å². The Morgan fingerprint density at radius 2 is 1.81 bits per heavy atom. The molecule has 0 atom stereocenters. The number of carbonyl (C=O) groups excluding carboxylic acids is 2. The fourth-order valence-corrected chi connectivity index (χ4v) is 5.62. The van der Waals surface area contributed by atoms with Crippen molar-refractivity contribution in [3.63, 3.8) is 0 Å². The minimum Gasteiger partial charge on any atom is -0.347 e. The molecule has 2 N–H and O–H groups in total. The van der Waals surface area contributed by atoms with E-state index in [1.165, 1.54) is 0 Å². The number of hydrogen-bond acceptors (Lipinski definition) is 5. The van der Waals surface area contributed by atoms with Gasteiger partial charge < -0.3 is 10.2 Å². The maximum Gasteiger partial charge on any atom is 0.291 e. The van der Waals surface area contributed by atoms with Crippen LogP contribution in [0.4, 0.5) is 0 Å². The van der Waals surface area contributed by atoms with Gasteiger partial charge in [-0.15, -0.1) is 5.10 Å². The molecular formula is C28H31N7O2. The quantitative estimate of drug-likeness (QED) is 0.429. The van der Waals surface area contributed by atoms with E-state index in [0.29, 0.717) is 5.69 Å². The molecule has 6 rings (SSSR count). The van der Waals surface area contributed by atoms with E-state index >= 15 is 0 Å². The molecule has 1 saturated carbocycles. The van der Waals surface area contributed by atoms with Gasteiger partial charge in [0.05, 0.1) is 5.52 Å². The maximum absolute atomic E-state index is 13.3. The van der Waals surface area contributed by atoms with Crippen LogP contribution in [0.15, 0.2) is 54.9 Å². The highest BCUT2D eigenvalue weighted by molar-refractivity contribution is 6.05. The molecule has 1 spiro atoms. The van der Waals surface area contributed by atoms with Crippen LogP contribution in [0.25, 0.3) is 22.0 Å². The number of amides is 2. The Kier molecular flexibility index (Phi) is 5.78. The molecule has 2 aromatic carbocycles. The summed E-state index contributed by atoms with van der Waals surface area (Å²) in [6.07, 6.45) is 5.35. The summed E-state index contributed by atoms with van der Waals surface area (Å²) in [5, 5.41) is 15.6. The topological polar surface area (TPSA) is 109 Å². The molecule has 0 bridgehead atoms. The molecule has 9 nitrogen and oxygen atoms in total. The van der Waals surface area contributed by atoms with Crippen LogP contribution in [0.5, 0.6) is 0 Å². The summed E-state index contributed by atoms with van der Waals surface area (Å²) in [4.78, 5) is 31.9. The lowest BCUT2D eigenvalue weighted by Gasteiger charge is -2.53. The van der Waals surface area contributed by atoms with E-state index in [2.05, 4.69) is 37.7 Å². The van der Waals surface area contributed by atoms with E-state index in [4.69, 9.17) is 0 Å². The highest BCUT2D eigenvalue weighted by atomic mass is 16.2. The molecule has 0 unspecified atom stereocenters. The maximum atomic E-state index is 13.3. The van der Waals surface area contributed by atoms with Gasteiger partial charge >= 0.3 is 0 Å². The summed E-state index contributed by atoms with van der Waals surface area (Å²) in [5.74, 6) is -0.0188. The SMILES string of the molecule is CC(C)n1cnc(C(=O)NC2CCC3(CC2)CN(C(=O)c2n[nH]c4cc(-c5ccccc5)ccc24)C3)n1. The van der Waals surface area contributed by atoms with E-state index in [9.17, 15) is 9.59 Å². The second kappa shape index (κ2) is 9.14. The van der Waals surface area contributed by atoms with Crippen LogP contribution in [0.2, 0.25) is 0 Å². The number of fused-ring (bicyclic) bond motifs is 1. The first-order valence-corrected chi connectivity index (χ1v) is 13.0. The zero-order valence-corrected chi connectivity index (χ0v) is 21.1. The van der Waals surface area contributed by atoms with E-state index in [0.717, 1.165) is 60.8 Å². The zero-order chi connectivity index (χ0) is 25.6. The summed E-state index contributed by atoms with van der Waals surface area (Å²) < 4.78 is 1.69. The summed E-state index contributed by atoms with van der Waals surface area (Å²) in [6, 6.07) is 16.5. The van der Waals surface area contributed by atoms with Crippen molar-refractivity contribution in [2.75, 3.05) is 13.1 Å². The minimum absolute atomic E-state index is 0.0217. The highest BCUT2D eigenvalue weighted by Crippen LogP contribution is 2.44. The smallest absolute Gasteiger partial charge is 0.291 e. The van der Waals surface area contributed by atoms with Gasteiger partial charge in [0.1, 0.15) is 6.33 Å². The number of likely N-dealkylation sites (tertiary alicyclic amines) is 1. The Bertz CT molecular complexity index is 1440. The molecule has 1 aliphatic carbocycles. The summed E-state index contributed by atoms with van der Waals surface area (Å²) in [7, 11) is 0. The third kappa shape index (κ3) is 4.39. The molecule has 190 valence electrons. The summed E-state index contributed by atoms with van der Waals surface area (Å²) in [6.45, 7) is 5.48. The molecule has 9 heteroatoms. The molecule has 0 radical (unpaired) electrons. The van der Waals surface area contributed by atoms with Crippen molar-refractivity contribution >= 4 is 22.7 Å². The monoisotopic (exact) mass is 497 g/mol. The first kappa shape index (κ1) is 23.4. The normalized spacial score (nSPS) is 17.3. The Hall–Kier alpha value is -4.01. The molecule has 1 saturated heterocycles. The first-order valence-electron chi connectivity index (χ1n) is 13.0. The van der Waals surface area contributed by atoms with Crippen LogP contribution in [-0.4, -0.2) is 60.8 Å². The largest absolute Gasteiger partial charge is 0.347 e. The van der Waals surface area contributed by atoms with Crippen molar-refractivity contribution in [1.82, 2.24) is 35.2 Å². The number of benzene rings is 2. The van der Waals surface area contributed by atoms with Crippen molar-refractivity contribution < 1.29 is 9.59 Å². The van der Waals surface area contributed by atoms with Gasteiger partial charge in [-0.1, -0.05) is 36.4 Å². The van der Waals surface area contributed by atoms with Crippen LogP contribution >= 0.6 is 0 Å². The number of aromatic nitrogens is 5. The molecule has 2 aliphatic rings. The molecule has 2 aromatic heterocycles. The number of rotatable bonds is 5. The Labute approximate surface area is 215 Å². The van der Waals surface area contributed by atoms with Gasteiger partial charge in [-0.3, -0.25) is 14.7 Å². The van der Waals surface area contributed by atoms with Crippen molar-refractivity contribution in [3.05, 3.63) is 66.4 Å². The van der Waals surface area contributed by atoms with Crippen LogP contribution in [-0.2, 0) is 0 Å². The first-order chi connectivity index (χ1) is 17.9. The Balaban J connectivity index is 1.05. The Morgan fingerprint density at radius 1 is 1.05 bits per heavy atom. The van der Waals surface area contributed by atoms with E-state index in [-0.39, 0.29) is 35.1 Å². The van der Waals surface area contributed by atoms with Gasteiger partial charge in [0, 0.05) is 36.0 Å². The predicted octanol–water partition coefficient (Wildman–Crippen LogP) is 4.22. The minimum atomic E-state index is -0.216. The molecule has 37 heavy (non-hydrogen) atoms. The fourth-order valence-electron chi connectivity index (χ4n) is 5.62. The van der Waals surface area contributed by atoms with Gasteiger partial charge in [-0.25, -0.2) is 9.67 Å².